The van der Waals surface area contributed by atoms with Gasteiger partial charge in [0.15, 0.2) is 0 Å². The maximum absolute atomic E-state index is 11.3. The number of benzene rings is 1. The molecule has 1 atom stereocenters. The van der Waals surface area contributed by atoms with Crippen LogP contribution < -0.4 is 15.4 Å². The Labute approximate surface area is 96.0 Å². The summed E-state index contributed by atoms with van der Waals surface area (Å²) in [5.74, 6) is 0.814. The molecule has 0 saturated heterocycles. The average Bonchev–Trinajstić information content (AvgIpc) is 2.35. The molecule has 0 saturated carbocycles. The average molecular weight is 222 g/mol. The number of carbonyl (C=O) groups excluding carboxylic acids is 1. The molecule has 88 valence electrons. The van der Waals surface area contributed by atoms with E-state index in [1.807, 2.05) is 31.2 Å². The normalized spacial score (nSPS) is 11.9. The van der Waals surface area contributed by atoms with Crippen LogP contribution in [0.1, 0.15) is 12.5 Å². The molecular formula is C12H18N2O2. The summed E-state index contributed by atoms with van der Waals surface area (Å²) in [5.41, 5.74) is 1.04. The van der Waals surface area contributed by atoms with Gasteiger partial charge in [-0.1, -0.05) is 18.2 Å². The van der Waals surface area contributed by atoms with Gasteiger partial charge in [0, 0.05) is 19.2 Å². The van der Waals surface area contributed by atoms with Crippen LogP contribution in [0.15, 0.2) is 24.3 Å². The summed E-state index contributed by atoms with van der Waals surface area (Å²) in [5, 5.41) is 5.73. The lowest BCUT2D eigenvalue weighted by atomic mass is 10.2. The third-order valence-corrected chi connectivity index (χ3v) is 2.43. The smallest absolute Gasteiger partial charge is 0.236 e. The number of hydrogen-bond acceptors (Lipinski definition) is 3. The topological polar surface area (TPSA) is 50.4 Å². The minimum Gasteiger partial charge on any atom is -0.496 e. The highest BCUT2D eigenvalue weighted by atomic mass is 16.5. The molecule has 4 nitrogen and oxygen atoms in total. The third-order valence-electron chi connectivity index (χ3n) is 2.43. The SMILES string of the molecule is CNC(=O)C(C)NCc1ccccc1OC. The van der Waals surface area contributed by atoms with Crippen LogP contribution in [0.25, 0.3) is 0 Å². The zero-order valence-corrected chi connectivity index (χ0v) is 9.91. The molecule has 1 unspecified atom stereocenters. The highest BCUT2D eigenvalue weighted by Gasteiger charge is 2.10. The number of rotatable bonds is 5. The first kappa shape index (κ1) is 12.5. The molecular weight excluding hydrogens is 204 g/mol. The van der Waals surface area contributed by atoms with Gasteiger partial charge in [0.1, 0.15) is 5.75 Å². The number of likely N-dealkylation sites (N-methyl/N-ethyl adjacent to an activating group) is 1. The number of amides is 1. The van der Waals surface area contributed by atoms with Gasteiger partial charge in [0.2, 0.25) is 5.91 Å². The summed E-state index contributed by atoms with van der Waals surface area (Å²) in [6, 6.07) is 7.54. The first-order valence-electron chi connectivity index (χ1n) is 5.26. The van der Waals surface area contributed by atoms with Crippen LogP contribution in [0.5, 0.6) is 5.75 Å². The van der Waals surface area contributed by atoms with Gasteiger partial charge in [0.25, 0.3) is 0 Å². The van der Waals surface area contributed by atoms with E-state index >= 15 is 0 Å². The number of nitrogens with one attached hydrogen (secondary N) is 2. The second kappa shape index (κ2) is 6.12. The predicted molar refractivity (Wildman–Crippen MR) is 63.4 cm³/mol. The quantitative estimate of drug-likeness (QED) is 0.779. The van der Waals surface area contributed by atoms with Gasteiger partial charge in [-0.25, -0.2) is 0 Å². The molecule has 0 heterocycles. The standard InChI is InChI=1S/C12H18N2O2/c1-9(12(15)13-2)14-8-10-6-4-5-7-11(10)16-3/h4-7,9,14H,8H2,1-3H3,(H,13,15). The van der Waals surface area contributed by atoms with Crippen molar-refractivity contribution >= 4 is 5.91 Å². The highest BCUT2D eigenvalue weighted by molar-refractivity contribution is 5.80. The molecule has 1 aromatic carbocycles. The van der Waals surface area contributed by atoms with Crippen molar-refractivity contribution in [1.82, 2.24) is 10.6 Å². The Morgan fingerprint density at radius 1 is 1.44 bits per heavy atom. The van der Waals surface area contributed by atoms with E-state index in [9.17, 15) is 4.79 Å². The number of ether oxygens (including phenoxy) is 1. The van der Waals surface area contributed by atoms with E-state index in [0.29, 0.717) is 6.54 Å². The molecule has 0 aromatic heterocycles. The molecule has 1 aromatic rings. The van der Waals surface area contributed by atoms with Crippen molar-refractivity contribution in [2.45, 2.75) is 19.5 Å². The number of hydrogen-bond donors (Lipinski definition) is 2. The van der Waals surface area contributed by atoms with Gasteiger partial charge >= 0.3 is 0 Å². The fraction of sp³-hybridized carbons (Fsp3) is 0.417. The Morgan fingerprint density at radius 2 is 2.12 bits per heavy atom. The Kier molecular flexibility index (Phi) is 4.79. The third kappa shape index (κ3) is 3.24. The van der Waals surface area contributed by atoms with Crippen LogP contribution in [0, 0.1) is 0 Å². The monoisotopic (exact) mass is 222 g/mol. The minimum absolute atomic E-state index is 0.0186. The second-order valence-corrected chi connectivity index (χ2v) is 3.53. The molecule has 2 N–H and O–H groups in total. The molecule has 0 aliphatic rings. The largest absolute Gasteiger partial charge is 0.496 e. The Hall–Kier alpha value is -1.55. The molecule has 1 rings (SSSR count). The molecule has 0 fully saturated rings. The zero-order valence-electron chi connectivity index (χ0n) is 9.91. The van der Waals surface area contributed by atoms with E-state index in [4.69, 9.17) is 4.74 Å². The molecule has 0 radical (unpaired) electrons. The molecule has 0 aliphatic heterocycles. The van der Waals surface area contributed by atoms with Crippen molar-refractivity contribution in [2.24, 2.45) is 0 Å². The van der Waals surface area contributed by atoms with Crippen LogP contribution in [0.4, 0.5) is 0 Å². The van der Waals surface area contributed by atoms with Crippen molar-refractivity contribution in [2.75, 3.05) is 14.2 Å². The van der Waals surface area contributed by atoms with Crippen molar-refractivity contribution in [3.63, 3.8) is 0 Å². The van der Waals surface area contributed by atoms with Crippen LogP contribution in [-0.2, 0) is 11.3 Å². The zero-order chi connectivity index (χ0) is 12.0. The van der Waals surface area contributed by atoms with Gasteiger partial charge in [-0.05, 0) is 13.0 Å². The molecule has 0 aliphatic carbocycles. The summed E-state index contributed by atoms with van der Waals surface area (Å²) in [6.07, 6.45) is 0. The summed E-state index contributed by atoms with van der Waals surface area (Å²) < 4.78 is 5.22. The molecule has 1 amide bonds. The van der Waals surface area contributed by atoms with Crippen LogP contribution in [-0.4, -0.2) is 26.1 Å². The van der Waals surface area contributed by atoms with Crippen molar-refractivity contribution in [3.8, 4) is 5.75 Å². The van der Waals surface area contributed by atoms with Gasteiger partial charge in [-0.2, -0.15) is 0 Å². The summed E-state index contributed by atoms with van der Waals surface area (Å²) in [4.78, 5) is 11.3. The summed E-state index contributed by atoms with van der Waals surface area (Å²) in [6.45, 7) is 2.44. The second-order valence-electron chi connectivity index (χ2n) is 3.53. The van der Waals surface area contributed by atoms with E-state index in [1.165, 1.54) is 0 Å². The van der Waals surface area contributed by atoms with E-state index in [2.05, 4.69) is 10.6 Å². The first-order valence-corrected chi connectivity index (χ1v) is 5.26. The van der Waals surface area contributed by atoms with Crippen LogP contribution in [0.2, 0.25) is 0 Å². The van der Waals surface area contributed by atoms with Crippen molar-refractivity contribution in [1.29, 1.82) is 0 Å². The van der Waals surface area contributed by atoms with E-state index in [0.717, 1.165) is 11.3 Å². The van der Waals surface area contributed by atoms with Crippen molar-refractivity contribution < 1.29 is 9.53 Å². The van der Waals surface area contributed by atoms with Crippen molar-refractivity contribution in [3.05, 3.63) is 29.8 Å². The van der Waals surface area contributed by atoms with Gasteiger partial charge in [0.05, 0.1) is 13.2 Å². The maximum Gasteiger partial charge on any atom is 0.236 e. The molecule has 16 heavy (non-hydrogen) atoms. The molecule has 0 bridgehead atoms. The Bertz CT molecular complexity index is 353. The first-order chi connectivity index (χ1) is 7.69. The fourth-order valence-corrected chi connectivity index (χ4v) is 1.42. The van der Waals surface area contributed by atoms with Gasteiger partial charge < -0.3 is 15.4 Å². The molecule has 4 heteroatoms. The minimum atomic E-state index is -0.213. The Morgan fingerprint density at radius 3 is 2.75 bits per heavy atom. The lowest BCUT2D eigenvalue weighted by Crippen LogP contribution is -2.40. The number of para-hydroxylation sites is 1. The lowest BCUT2D eigenvalue weighted by molar-refractivity contribution is -0.122. The van der Waals surface area contributed by atoms with E-state index in [-0.39, 0.29) is 11.9 Å². The van der Waals surface area contributed by atoms with Gasteiger partial charge in [-0.3, -0.25) is 4.79 Å². The van der Waals surface area contributed by atoms with E-state index < -0.39 is 0 Å². The molecule has 0 spiro atoms. The highest BCUT2D eigenvalue weighted by Crippen LogP contribution is 2.16. The van der Waals surface area contributed by atoms with Crippen LogP contribution in [0.3, 0.4) is 0 Å². The number of carbonyl (C=O) groups is 1. The van der Waals surface area contributed by atoms with Gasteiger partial charge in [-0.15, -0.1) is 0 Å². The summed E-state index contributed by atoms with van der Waals surface area (Å²) in [7, 11) is 3.27. The van der Waals surface area contributed by atoms with Crippen LogP contribution >= 0.6 is 0 Å². The maximum atomic E-state index is 11.3. The van der Waals surface area contributed by atoms with E-state index in [1.54, 1.807) is 14.2 Å². The Balaban J connectivity index is 2.57. The lowest BCUT2D eigenvalue weighted by Gasteiger charge is -2.13. The summed E-state index contributed by atoms with van der Waals surface area (Å²) >= 11 is 0. The predicted octanol–water partition coefficient (Wildman–Crippen LogP) is 0.919. The number of methoxy groups -OCH3 is 1. The fourth-order valence-electron chi connectivity index (χ4n) is 1.42.